The van der Waals surface area contributed by atoms with Crippen LogP contribution in [0.2, 0.25) is 0 Å². The Morgan fingerprint density at radius 3 is 1.73 bits per heavy atom. The topological polar surface area (TPSA) is 8.82 Å². The molecule has 1 aliphatic carbocycles. The SMILES string of the molecule is c1ccc(C2(c3ccccc3)c3ccccc3-c3ccc4c(c32)c2cc3c(c5cccc6c7ccccc7n3c65)c3c5ccccc5n4c23)cc1. The molecule has 2 heteroatoms. The van der Waals surface area contributed by atoms with E-state index < -0.39 is 5.41 Å². The van der Waals surface area contributed by atoms with Gasteiger partial charge in [-0.25, -0.2) is 0 Å². The number of nitrogens with zero attached hydrogens (tertiary/aromatic N) is 2. The van der Waals surface area contributed by atoms with Gasteiger partial charge in [-0.05, 0) is 57.6 Å². The minimum atomic E-state index is -0.499. The number of benzene rings is 8. The first kappa shape index (κ1) is 26.3. The molecule has 0 unspecified atom stereocenters. The van der Waals surface area contributed by atoms with E-state index in [2.05, 4.69) is 179 Å². The molecule has 12 aromatic rings. The maximum atomic E-state index is 2.57. The van der Waals surface area contributed by atoms with Gasteiger partial charge in [-0.15, -0.1) is 0 Å². The molecule has 0 saturated carbocycles. The van der Waals surface area contributed by atoms with E-state index in [0.29, 0.717) is 0 Å². The highest BCUT2D eigenvalue weighted by Crippen LogP contribution is 2.60. The van der Waals surface area contributed by atoms with Crippen LogP contribution in [0.4, 0.5) is 0 Å². The molecule has 0 bridgehead atoms. The molecule has 0 spiro atoms. The number of para-hydroxylation sites is 3. The summed E-state index contributed by atoms with van der Waals surface area (Å²) in [7, 11) is 0. The lowest BCUT2D eigenvalue weighted by Crippen LogP contribution is -2.28. The van der Waals surface area contributed by atoms with E-state index in [0.717, 1.165) is 0 Å². The molecule has 4 aromatic heterocycles. The van der Waals surface area contributed by atoms with Crippen molar-refractivity contribution >= 4 is 76.2 Å². The lowest BCUT2D eigenvalue weighted by Gasteiger charge is -2.34. The second-order valence-corrected chi connectivity index (χ2v) is 14.4. The first-order valence-electron chi connectivity index (χ1n) is 17.9. The van der Waals surface area contributed by atoms with Crippen LogP contribution < -0.4 is 0 Å². The smallest absolute Gasteiger partial charge is 0.0720 e. The predicted molar refractivity (Wildman–Crippen MR) is 213 cm³/mol. The Balaban J connectivity index is 1.35. The lowest BCUT2D eigenvalue weighted by atomic mass is 9.67. The molecule has 2 nitrogen and oxygen atoms in total. The van der Waals surface area contributed by atoms with Crippen molar-refractivity contribution in [1.29, 1.82) is 0 Å². The number of hydrogen-bond donors (Lipinski definition) is 0. The van der Waals surface area contributed by atoms with Crippen LogP contribution in [0.3, 0.4) is 0 Å². The van der Waals surface area contributed by atoms with Crippen molar-refractivity contribution in [2.75, 3.05) is 0 Å². The summed E-state index contributed by atoms with van der Waals surface area (Å²) in [5.41, 5.74) is 15.1. The molecule has 13 rings (SSSR count). The summed E-state index contributed by atoms with van der Waals surface area (Å²) >= 11 is 0. The largest absolute Gasteiger partial charge is 0.308 e. The molecule has 1 aliphatic rings. The van der Waals surface area contributed by atoms with Crippen LogP contribution in [0.25, 0.3) is 87.3 Å². The van der Waals surface area contributed by atoms with Crippen LogP contribution in [-0.4, -0.2) is 8.80 Å². The average molecular weight is 645 g/mol. The van der Waals surface area contributed by atoms with Gasteiger partial charge in [0.25, 0.3) is 0 Å². The second kappa shape index (κ2) is 8.93. The number of aromatic nitrogens is 2. The van der Waals surface area contributed by atoms with Gasteiger partial charge in [-0.3, -0.25) is 0 Å². The first-order valence-corrected chi connectivity index (χ1v) is 17.9. The molecule has 0 N–H and O–H groups in total. The number of rotatable bonds is 2. The Bertz CT molecular complexity index is 3360. The fourth-order valence-electron chi connectivity index (χ4n) is 10.5. The third-order valence-corrected chi connectivity index (χ3v) is 12.2. The number of hydrogen-bond acceptors (Lipinski definition) is 0. The molecular formula is C49H28N2. The van der Waals surface area contributed by atoms with Crippen LogP contribution in [0.1, 0.15) is 22.3 Å². The van der Waals surface area contributed by atoms with Crippen LogP contribution in [0.5, 0.6) is 0 Å². The zero-order valence-electron chi connectivity index (χ0n) is 27.6. The van der Waals surface area contributed by atoms with Gasteiger partial charge in [0.05, 0.1) is 38.5 Å². The Kier molecular flexibility index (Phi) is 4.60. The molecule has 51 heavy (non-hydrogen) atoms. The predicted octanol–water partition coefficient (Wildman–Crippen LogP) is 12.3. The summed E-state index contributed by atoms with van der Waals surface area (Å²) in [6, 6.07) is 63.7. The van der Waals surface area contributed by atoms with Gasteiger partial charge >= 0.3 is 0 Å². The van der Waals surface area contributed by atoms with E-state index >= 15 is 0 Å². The van der Waals surface area contributed by atoms with E-state index in [-0.39, 0.29) is 0 Å². The third kappa shape index (κ3) is 2.85. The summed E-state index contributed by atoms with van der Waals surface area (Å²) in [5.74, 6) is 0. The van der Waals surface area contributed by atoms with Crippen LogP contribution in [0.15, 0.2) is 170 Å². The van der Waals surface area contributed by atoms with Crippen LogP contribution in [0, 0.1) is 0 Å². The Morgan fingerprint density at radius 2 is 0.941 bits per heavy atom. The maximum Gasteiger partial charge on any atom is 0.0720 e. The molecule has 8 aromatic carbocycles. The molecule has 0 atom stereocenters. The molecule has 234 valence electrons. The van der Waals surface area contributed by atoms with Gasteiger partial charge in [0, 0.05) is 43.1 Å². The van der Waals surface area contributed by atoms with E-state index in [1.165, 1.54) is 110 Å². The monoisotopic (exact) mass is 644 g/mol. The summed E-state index contributed by atoms with van der Waals surface area (Å²) in [6.07, 6.45) is 0. The van der Waals surface area contributed by atoms with Crippen molar-refractivity contribution in [2.45, 2.75) is 5.41 Å². The van der Waals surface area contributed by atoms with Gasteiger partial charge in [0.1, 0.15) is 0 Å². The van der Waals surface area contributed by atoms with Gasteiger partial charge < -0.3 is 8.80 Å². The highest BCUT2D eigenvalue weighted by atomic mass is 14.9. The van der Waals surface area contributed by atoms with Crippen molar-refractivity contribution in [3.05, 3.63) is 192 Å². The zero-order chi connectivity index (χ0) is 33.0. The van der Waals surface area contributed by atoms with Gasteiger partial charge in [0.2, 0.25) is 0 Å². The fraction of sp³-hybridized carbons (Fsp3) is 0.0204. The zero-order valence-corrected chi connectivity index (χ0v) is 27.6. The standard InChI is InChI=1S/C49H28N2/c1-3-14-29(15-4-1)49(30-16-5-2-6-17-30)38-23-10-7-18-31(38)33-26-27-41-44(46(33)49)37-28-42-43(45-35-20-9-12-25-40(35)50(41)48(37)45)36-22-13-21-34-32-19-8-11-24-39(32)51(42)47(34)36/h1-28H. The molecule has 0 saturated heterocycles. The van der Waals surface area contributed by atoms with Crippen LogP contribution in [-0.2, 0) is 5.41 Å². The Labute approximate surface area is 292 Å². The fourth-order valence-corrected chi connectivity index (χ4v) is 10.5. The molecular weight excluding hydrogens is 617 g/mol. The van der Waals surface area contributed by atoms with E-state index in [1.807, 2.05) is 0 Å². The van der Waals surface area contributed by atoms with Crippen molar-refractivity contribution in [1.82, 2.24) is 8.80 Å². The van der Waals surface area contributed by atoms with Crippen molar-refractivity contribution < 1.29 is 0 Å². The Hall–Kier alpha value is -6.64. The maximum absolute atomic E-state index is 2.57. The van der Waals surface area contributed by atoms with E-state index in [4.69, 9.17) is 0 Å². The molecule has 4 heterocycles. The van der Waals surface area contributed by atoms with Crippen molar-refractivity contribution in [3.8, 4) is 11.1 Å². The first-order chi connectivity index (χ1) is 25.4. The van der Waals surface area contributed by atoms with Crippen molar-refractivity contribution in [2.24, 2.45) is 0 Å². The molecule has 0 fully saturated rings. The summed E-state index contributed by atoms with van der Waals surface area (Å²) in [6.45, 7) is 0. The van der Waals surface area contributed by atoms with Gasteiger partial charge in [-0.1, -0.05) is 146 Å². The minimum absolute atomic E-state index is 0.499. The molecule has 0 aliphatic heterocycles. The van der Waals surface area contributed by atoms with E-state index in [9.17, 15) is 0 Å². The van der Waals surface area contributed by atoms with Gasteiger partial charge in [0.15, 0.2) is 0 Å². The summed E-state index contributed by atoms with van der Waals surface area (Å²) < 4.78 is 5.13. The third-order valence-electron chi connectivity index (χ3n) is 12.2. The Morgan fingerprint density at radius 1 is 0.333 bits per heavy atom. The molecule has 0 amide bonds. The summed E-state index contributed by atoms with van der Waals surface area (Å²) in [4.78, 5) is 0. The van der Waals surface area contributed by atoms with Crippen molar-refractivity contribution in [3.63, 3.8) is 0 Å². The second-order valence-electron chi connectivity index (χ2n) is 14.4. The molecule has 0 radical (unpaired) electrons. The van der Waals surface area contributed by atoms with Gasteiger partial charge in [-0.2, -0.15) is 0 Å². The average Bonchev–Trinajstić information content (AvgIpc) is 3.98. The lowest BCUT2D eigenvalue weighted by molar-refractivity contribution is 0.776. The summed E-state index contributed by atoms with van der Waals surface area (Å²) in [5, 5.41) is 10.6. The van der Waals surface area contributed by atoms with E-state index in [1.54, 1.807) is 0 Å². The highest BCUT2D eigenvalue weighted by Gasteiger charge is 2.48. The quantitative estimate of drug-likeness (QED) is 0.177. The van der Waals surface area contributed by atoms with Crippen LogP contribution >= 0.6 is 0 Å². The highest BCUT2D eigenvalue weighted by molar-refractivity contribution is 6.38. The normalized spacial score (nSPS) is 14.0. The number of fused-ring (bicyclic) bond motifs is 17. The minimum Gasteiger partial charge on any atom is -0.308 e.